The molecule has 100 valence electrons. The van der Waals surface area contributed by atoms with Gasteiger partial charge in [0.15, 0.2) is 0 Å². The summed E-state index contributed by atoms with van der Waals surface area (Å²) in [5.41, 5.74) is 2.31. The van der Waals surface area contributed by atoms with Crippen molar-refractivity contribution in [3.05, 3.63) is 47.8 Å². The van der Waals surface area contributed by atoms with Crippen molar-refractivity contribution < 1.29 is 4.74 Å². The van der Waals surface area contributed by atoms with Crippen LogP contribution in [-0.2, 0) is 20.2 Å². The number of ether oxygens (including phenoxy) is 1. The predicted octanol–water partition coefficient (Wildman–Crippen LogP) is 2.25. The van der Waals surface area contributed by atoms with E-state index in [0.29, 0.717) is 12.6 Å². The van der Waals surface area contributed by atoms with Gasteiger partial charge in [0, 0.05) is 37.0 Å². The quantitative estimate of drug-likeness (QED) is 0.862. The fraction of sp³-hybridized carbons (Fsp3) is 0.400. The van der Waals surface area contributed by atoms with Crippen LogP contribution in [0, 0.1) is 0 Å². The van der Waals surface area contributed by atoms with E-state index in [1.807, 2.05) is 31.6 Å². The van der Waals surface area contributed by atoms with Crippen molar-refractivity contribution in [3.8, 4) is 5.75 Å². The molecule has 1 saturated carbocycles. The first-order valence-corrected chi connectivity index (χ1v) is 6.73. The van der Waals surface area contributed by atoms with Crippen LogP contribution in [0.2, 0.25) is 0 Å². The highest BCUT2D eigenvalue weighted by atomic mass is 16.5. The summed E-state index contributed by atoms with van der Waals surface area (Å²) in [6, 6.07) is 8.93. The van der Waals surface area contributed by atoms with Crippen LogP contribution in [0.1, 0.15) is 24.0 Å². The Kier molecular flexibility index (Phi) is 3.51. The van der Waals surface area contributed by atoms with Gasteiger partial charge in [0.1, 0.15) is 12.4 Å². The van der Waals surface area contributed by atoms with Gasteiger partial charge in [0.05, 0.1) is 6.20 Å². The molecular formula is C15H19N3O. The lowest BCUT2D eigenvalue weighted by molar-refractivity contribution is 0.302. The Morgan fingerprint density at radius 2 is 2.21 bits per heavy atom. The molecule has 1 aliphatic carbocycles. The zero-order valence-electron chi connectivity index (χ0n) is 11.2. The molecule has 3 rings (SSSR count). The van der Waals surface area contributed by atoms with Crippen LogP contribution in [0.25, 0.3) is 0 Å². The van der Waals surface area contributed by atoms with Gasteiger partial charge in [-0.05, 0) is 18.9 Å². The number of benzene rings is 1. The van der Waals surface area contributed by atoms with E-state index in [9.17, 15) is 0 Å². The minimum Gasteiger partial charge on any atom is -0.488 e. The van der Waals surface area contributed by atoms with Gasteiger partial charge in [-0.25, -0.2) is 0 Å². The predicted molar refractivity (Wildman–Crippen MR) is 73.8 cm³/mol. The van der Waals surface area contributed by atoms with Crippen molar-refractivity contribution in [2.45, 2.75) is 32.0 Å². The van der Waals surface area contributed by atoms with Gasteiger partial charge in [-0.15, -0.1) is 0 Å². The monoisotopic (exact) mass is 257 g/mol. The molecule has 1 aliphatic rings. The van der Waals surface area contributed by atoms with Crippen molar-refractivity contribution >= 4 is 0 Å². The highest BCUT2D eigenvalue weighted by Gasteiger charge is 2.20. The Morgan fingerprint density at radius 1 is 1.37 bits per heavy atom. The number of nitrogens with one attached hydrogen (secondary N) is 1. The van der Waals surface area contributed by atoms with Gasteiger partial charge in [0.25, 0.3) is 0 Å². The van der Waals surface area contributed by atoms with Crippen LogP contribution in [0.15, 0.2) is 36.7 Å². The smallest absolute Gasteiger partial charge is 0.124 e. The molecule has 0 aliphatic heterocycles. The van der Waals surface area contributed by atoms with Gasteiger partial charge < -0.3 is 10.1 Å². The topological polar surface area (TPSA) is 39.1 Å². The molecule has 2 aromatic rings. The molecule has 1 heterocycles. The molecule has 19 heavy (non-hydrogen) atoms. The van der Waals surface area contributed by atoms with Crippen molar-refractivity contribution in [3.63, 3.8) is 0 Å². The third-order valence-electron chi connectivity index (χ3n) is 3.28. The summed E-state index contributed by atoms with van der Waals surface area (Å²) in [7, 11) is 1.91. The molecule has 0 atom stereocenters. The molecule has 1 N–H and O–H groups in total. The second kappa shape index (κ2) is 5.45. The van der Waals surface area contributed by atoms with E-state index in [2.05, 4.69) is 22.5 Å². The fourth-order valence-corrected chi connectivity index (χ4v) is 2.04. The molecule has 4 nitrogen and oxygen atoms in total. The lowest BCUT2D eigenvalue weighted by Gasteiger charge is -2.11. The first-order chi connectivity index (χ1) is 9.31. The van der Waals surface area contributed by atoms with Gasteiger partial charge in [-0.1, -0.05) is 18.2 Å². The SMILES string of the molecule is Cn1cc(COc2ccccc2CNC2CC2)cn1. The molecule has 0 amide bonds. The third kappa shape index (κ3) is 3.35. The lowest BCUT2D eigenvalue weighted by atomic mass is 10.2. The number of aromatic nitrogens is 2. The Bertz CT molecular complexity index is 546. The first-order valence-electron chi connectivity index (χ1n) is 6.73. The maximum absolute atomic E-state index is 5.90. The number of hydrogen-bond donors (Lipinski definition) is 1. The lowest BCUT2D eigenvalue weighted by Crippen LogP contribution is -2.16. The van der Waals surface area contributed by atoms with Crippen molar-refractivity contribution in [1.29, 1.82) is 0 Å². The second-order valence-electron chi connectivity index (χ2n) is 5.07. The Morgan fingerprint density at radius 3 is 2.95 bits per heavy atom. The number of aryl methyl sites for hydroxylation is 1. The Hall–Kier alpha value is -1.81. The van der Waals surface area contributed by atoms with E-state index in [1.54, 1.807) is 4.68 Å². The zero-order valence-corrected chi connectivity index (χ0v) is 11.2. The van der Waals surface area contributed by atoms with E-state index in [-0.39, 0.29) is 0 Å². The molecule has 0 unspecified atom stereocenters. The number of rotatable bonds is 6. The van der Waals surface area contributed by atoms with Crippen LogP contribution in [0.3, 0.4) is 0 Å². The van der Waals surface area contributed by atoms with Crippen molar-refractivity contribution in [2.75, 3.05) is 0 Å². The molecule has 1 fully saturated rings. The number of nitrogens with zero attached hydrogens (tertiary/aromatic N) is 2. The summed E-state index contributed by atoms with van der Waals surface area (Å²) >= 11 is 0. The minimum absolute atomic E-state index is 0.564. The molecule has 1 aromatic carbocycles. The average molecular weight is 257 g/mol. The maximum atomic E-state index is 5.90. The maximum Gasteiger partial charge on any atom is 0.124 e. The average Bonchev–Trinajstić information content (AvgIpc) is 3.17. The third-order valence-corrected chi connectivity index (χ3v) is 3.28. The van der Waals surface area contributed by atoms with E-state index >= 15 is 0 Å². The Labute approximate surface area is 113 Å². The summed E-state index contributed by atoms with van der Waals surface area (Å²) in [5, 5.41) is 7.66. The van der Waals surface area contributed by atoms with Crippen molar-refractivity contribution in [1.82, 2.24) is 15.1 Å². The first kappa shape index (κ1) is 12.2. The molecular weight excluding hydrogens is 238 g/mol. The number of hydrogen-bond acceptors (Lipinski definition) is 3. The van der Waals surface area contributed by atoms with Crippen LogP contribution in [0.4, 0.5) is 0 Å². The molecule has 1 aromatic heterocycles. The molecule has 0 spiro atoms. The van der Waals surface area contributed by atoms with E-state index in [0.717, 1.165) is 17.9 Å². The highest BCUT2D eigenvalue weighted by Crippen LogP contribution is 2.23. The van der Waals surface area contributed by atoms with E-state index in [4.69, 9.17) is 4.74 Å². The Balaban J connectivity index is 1.62. The largest absolute Gasteiger partial charge is 0.488 e. The standard InChI is InChI=1S/C15H19N3O/c1-18-10-12(8-17-18)11-19-15-5-3-2-4-13(15)9-16-14-6-7-14/h2-5,8,10,14,16H,6-7,9,11H2,1H3. The zero-order chi connectivity index (χ0) is 13.1. The molecule has 0 radical (unpaired) electrons. The van der Waals surface area contributed by atoms with Gasteiger partial charge >= 0.3 is 0 Å². The van der Waals surface area contributed by atoms with Gasteiger partial charge in [-0.2, -0.15) is 5.10 Å². The normalized spacial score (nSPS) is 14.6. The second-order valence-corrected chi connectivity index (χ2v) is 5.07. The van der Waals surface area contributed by atoms with E-state index < -0.39 is 0 Å². The van der Waals surface area contributed by atoms with Crippen LogP contribution < -0.4 is 10.1 Å². The van der Waals surface area contributed by atoms with Crippen molar-refractivity contribution in [2.24, 2.45) is 7.05 Å². The molecule has 4 heteroatoms. The van der Waals surface area contributed by atoms with Crippen LogP contribution in [0.5, 0.6) is 5.75 Å². The highest BCUT2D eigenvalue weighted by molar-refractivity contribution is 5.33. The summed E-state index contributed by atoms with van der Waals surface area (Å²) in [6.45, 7) is 1.45. The number of para-hydroxylation sites is 1. The summed E-state index contributed by atoms with van der Waals surface area (Å²) in [4.78, 5) is 0. The van der Waals surface area contributed by atoms with Crippen LogP contribution in [-0.4, -0.2) is 15.8 Å². The summed E-state index contributed by atoms with van der Waals surface area (Å²) in [6.07, 6.45) is 6.42. The van der Waals surface area contributed by atoms with Gasteiger partial charge in [-0.3, -0.25) is 4.68 Å². The minimum atomic E-state index is 0.564. The van der Waals surface area contributed by atoms with E-state index in [1.165, 1.54) is 18.4 Å². The summed E-state index contributed by atoms with van der Waals surface area (Å²) < 4.78 is 7.69. The van der Waals surface area contributed by atoms with Crippen LogP contribution >= 0.6 is 0 Å². The molecule has 0 saturated heterocycles. The summed E-state index contributed by atoms with van der Waals surface area (Å²) in [5.74, 6) is 0.958. The van der Waals surface area contributed by atoms with Gasteiger partial charge in [0.2, 0.25) is 0 Å². The molecule has 0 bridgehead atoms. The fourth-order valence-electron chi connectivity index (χ4n) is 2.04.